The lowest BCUT2D eigenvalue weighted by Gasteiger charge is -2.15. The molecule has 0 heterocycles. The first-order valence-electron chi connectivity index (χ1n) is 10.5. The largest absolute Gasteiger partial charge is 0.494 e. The minimum Gasteiger partial charge on any atom is -0.494 e. The molecule has 2 aromatic rings. The number of carbonyl (C=O) groups excluding carboxylic acids is 1. The lowest BCUT2D eigenvalue weighted by atomic mass is 10.1. The summed E-state index contributed by atoms with van der Waals surface area (Å²) in [5, 5.41) is 9.63. The van der Waals surface area contributed by atoms with Crippen LogP contribution in [0.25, 0.3) is 0 Å². The van der Waals surface area contributed by atoms with Crippen LogP contribution >= 0.6 is 0 Å². The lowest BCUT2D eigenvalue weighted by molar-refractivity contribution is 0.0939. The van der Waals surface area contributed by atoms with Gasteiger partial charge in [-0.25, -0.2) is 0 Å². The van der Waals surface area contributed by atoms with E-state index in [0.29, 0.717) is 31.2 Å². The van der Waals surface area contributed by atoms with Gasteiger partial charge >= 0.3 is 0 Å². The number of hydrogen-bond acceptors (Lipinski definition) is 3. The number of hydrogen-bond donors (Lipinski definition) is 3. The van der Waals surface area contributed by atoms with Gasteiger partial charge in [-0.05, 0) is 56.5 Å². The third kappa shape index (κ3) is 7.10. The van der Waals surface area contributed by atoms with E-state index in [9.17, 15) is 4.79 Å². The fourth-order valence-corrected chi connectivity index (χ4v) is 2.91. The van der Waals surface area contributed by atoms with Gasteiger partial charge in [0.25, 0.3) is 5.91 Å². The van der Waals surface area contributed by atoms with Gasteiger partial charge in [0.05, 0.1) is 6.61 Å². The van der Waals surface area contributed by atoms with E-state index in [1.807, 2.05) is 44.2 Å². The summed E-state index contributed by atoms with van der Waals surface area (Å²) in [6, 6.07) is 14.0. The van der Waals surface area contributed by atoms with E-state index in [1.54, 1.807) is 7.05 Å². The highest BCUT2D eigenvalue weighted by molar-refractivity contribution is 5.94. The first kappa shape index (κ1) is 23.3. The van der Waals surface area contributed by atoms with Gasteiger partial charge in [0.15, 0.2) is 5.96 Å². The molecule has 0 radical (unpaired) electrons. The summed E-state index contributed by atoms with van der Waals surface area (Å²) in [4.78, 5) is 16.6. The summed E-state index contributed by atoms with van der Waals surface area (Å²) in [5.41, 5.74) is 3.93. The minimum atomic E-state index is -0.0449. The van der Waals surface area contributed by atoms with Crippen molar-refractivity contribution in [1.29, 1.82) is 0 Å². The summed E-state index contributed by atoms with van der Waals surface area (Å²) >= 11 is 0. The number of nitrogens with zero attached hydrogens (tertiary/aromatic N) is 1. The van der Waals surface area contributed by atoms with Crippen molar-refractivity contribution in [3.05, 3.63) is 64.7 Å². The molecule has 2 aromatic carbocycles. The van der Waals surface area contributed by atoms with Crippen LogP contribution < -0.4 is 20.7 Å². The molecule has 2 rings (SSSR count). The van der Waals surface area contributed by atoms with Crippen LogP contribution in [-0.4, -0.2) is 31.6 Å². The Bertz CT molecular complexity index is 864. The maximum Gasteiger partial charge on any atom is 0.251 e. The van der Waals surface area contributed by atoms with Gasteiger partial charge in [-0.3, -0.25) is 9.79 Å². The average molecular weight is 411 g/mol. The molecule has 0 aliphatic carbocycles. The number of carbonyl (C=O) groups is 1. The number of amides is 1. The molecule has 6 heteroatoms. The van der Waals surface area contributed by atoms with Crippen LogP contribution in [0.2, 0.25) is 0 Å². The van der Waals surface area contributed by atoms with Crippen molar-refractivity contribution in [2.75, 3.05) is 13.7 Å². The van der Waals surface area contributed by atoms with Gasteiger partial charge in [0.2, 0.25) is 0 Å². The zero-order valence-corrected chi connectivity index (χ0v) is 18.7. The fourth-order valence-electron chi connectivity index (χ4n) is 2.91. The maximum absolute atomic E-state index is 12.3. The highest BCUT2D eigenvalue weighted by Crippen LogP contribution is 2.20. The topological polar surface area (TPSA) is 74.8 Å². The highest BCUT2D eigenvalue weighted by Gasteiger charge is 2.09. The van der Waals surface area contributed by atoms with Crippen molar-refractivity contribution in [2.45, 2.75) is 53.2 Å². The summed E-state index contributed by atoms with van der Waals surface area (Å²) in [7, 11) is 1.74. The minimum absolute atomic E-state index is 0.0449. The molecular weight excluding hydrogens is 376 g/mol. The second kappa shape index (κ2) is 11.9. The predicted octanol–water partition coefficient (Wildman–Crippen LogP) is 3.79. The van der Waals surface area contributed by atoms with Gasteiger partial charge in [-0.15, -0.1) is 0 Å². The van der Waals surface area contributed by atoms with Crippen LogP contribution in [0.3, 0.4) is 0 Å². The molecule has 30 heavy (non-hydrogen) atoms. The first-order valence-corrected chi connectivity index (χ1v) is 10.5. The van der Waals surface area contributed by atoms with Crippen LogP contribution in [-0.2, 0) is 13.1 Å². The third-order valence-corrected chi connectivity index (χ3v) is 4.83. The van der Waals surface area contributed by atoms with Crippen LogP contribution in [0.5, 0.6) is 5.75 Å². The third-order valence-electron chi connectivity index (χ3n) is 4.83. The molecule has 0 saturated carbocycles. The average Bonchev–Trinajstić information content (AvgIpc) is 2.75. The Labute approximate surface area is 180 Å². The first-order chi connectivity index (χ1) is 14.5. The number of nitrogens with one attached hydrogen (secondary N) is 3. The predicted molar refractivity (Wildman–Crippen MR) is 123 cm³/mol. The zero-order chi connectivity index (χ0) is 21.9. The molecule has 0 spiro atoms. The highest BCUT2D eigenvalue weighted by atomic mass is 16.5. The van der Waals surface area contributed by atoms with Crippen molar-refractivity contribution in [3.8, 4) is 5.75 Å². The van der Waals surface area contributed by atoms with Crippen LogP contribution in [0.4, 0.5) is 0 Å². The van der Waals surface area contributed by atoms with Crippen LogP contribution in [0.15, 0.2) is 47.5 Å². The Morgan fingerprint density at radius 3 is 2.57 bits per heavy atom. The molecule has 1 atom stereocenters. The molecule has 0 saturated heterocycles. The van der Waals surface area contributed by atoms with E-state index in [-0.39, 0.29) is 11.9 Å². The monoisotopic (exact) mass is 410 g/mol. The maximum atomic E-state index is 12.3. The molecule has 1 amide bonds. The zero-order valence-electron chi connectivity index (χ0n) is 18.7. The van der Waals surface area contributed by atoms with Gasteiger partial charge in [-0.1, -0.05) is 31.2 Å². The Morgan fingerprint density at radius 1 is 1.10 bits per heavy atom. The van der Waals surface area contributed by atoms with Crippen molar-refractivity contribution in [2.24, 2.45) is 4.99 Å². The van der Waals surface area contributed by atoms with E-state index in [0.717, 1.165) is 23.3 Å². The van der Waals surface area contributed by atoms with Crippen LogP contribution in [0, 0.1) is 6.92 Å². The van der Waals surface area contributed by atoms with E-state index >= 15 is 0 Å². The molecule has 0 aliphatic rings. The number of aryl methyl sites for hydroxylation is 1. The van der Waals surface area contributed by atoms with Gasteiger partial charge in [0, 0.05) is 37.3 Å². The Morgan fingerprint density at radius 2 is 1.87 bits per heavy atom. The fraction of sp³-hybridized carbons (Fsp3) is 0.417. The Kier molecular flexibility index (Phi) is 9.19. The summed E-state index contributed by atoms with van der Waals surface area (Å²) in [5.74, 6) is 1.53. The summed E-state index contributed by atoms with van der Waals surface area (Å²) < 4.78 is 5.75. The van der Waals surface area contributed by atoms with Crippen molar-refractivity contribution < 1.29 is 9.53 Å². The smallest absolute Gasteiger partial charge is 0.251 e. The van der Waals surface area contributed by atoms with Gasteiger partial charge in [-0.2, -0.15) is 0 Å². The van der Waals surface area contributed by atoms with Crippen molar-refractivity contribution in [3.63, 3.8) is 0 Å². The standard InChI is InChI=1S/C24H34N4O2/c1-6-18(4)28-23(29)20-10-8-9-19(14-20)15-26-24(25-5)27-16-21-12-11-17(3)13-22(21)30-7-2/h8-14,18H,6-7,15-16H2,1-5H3,(H,28,29)(H2,25,26,27). The van der Waals surface area contributed by atoms with E-state index < -0.39 is 0 Å². The second-order valence-electron chi connectivity index (χ2n) is 7.31. The number of aliphatic imine (C=N–C) groups is 1. The number of benzene rings is 2. The molecule has 0 aliphatic heterocycles. The molecule has 3 N–H and O–H groups in total. The van der Waals surface area contributed by atoms with Gasteiger partial charge in [0.1, 0.15) is 5.75 Å². The normalized spacial score (nSPS) is 12.2. The molecule has 6 nitrogen and oxygen atoms in total. The van der Waals surface area contributed by atoms with E-state index in [2.05, 4.69) is 46.9 Å². The van der Waals surface area contributed by atoms with Crippen molar-refractivity contribution in [1.82, 2.24) is 16.0 Å². The number of rotatable bonds is 9. The lowest BCUT2D eigenvalue weighted by Crippen LogP contribution is -2.36. The molecular formula is C24H34N4O2. The van der Waals surface area contributed by atoms with Gasteiger partial charge < -0.3 is 20.7 Å². The molecule has 1 unspecified atom stereocenters. The van der Waals surface area contributed by atoms with Crippen molar-refractivity contribution >= 4 is 11.9 Å². The number of guanidine groups is 1. The van der Waals surface area contributed by atoms with E-state index in [4.69, 9.17) is 4.74 Å². The molecule has 0 fully saturated rings. The second-order valence-corrected chi connectivity index (χ2v) is 7.31. The molecule has 162 valence electrons. The number of ether oxygens (including phenoxy) is 1. The summed E-state index contributed by atoms with van der Waals surface area (Å²) in [6.07, 6.45) is 0.904. The Balaban J connectivity index is 1.95. The van der Waals surface area contributed by atoms with Crippen LogP contribution in [0.1, 0.15) is 54.2 Å². The molecule has 0 bridgehead atoms. The summed E-state index contributed by atoms with van der Waals surface area (Å²) in [6.45, 7) is 9.89. The molecule has 0 aromatic heterocycles. The van der Waals surface area contributed by atoms with E-state index in [1.165, 1.54) is 5.56 Å². The SMILES string of the molecule is CCOc1cc(C)ccc1CNC(=NC)NCc1cccc(C(=O)NC(C)CC)c1. The Hall–Kier alpha value is -3.02. The quantitative estimate of drug-likeness (QED) is 0.434.